The number of rotatable bonds is 4. The van der Waals surface area contributed by atoms with Crippen molar-refractivity contribution >= 4 is 32.7 Å². The summed E-state index contributed by atoms with van der Waals surface area (Å²) < 4.78 is 6.24. The average Bonchev–Trinajstić information content (AvgIpc) is 3.55. The molecule has 0 aliphatic carbocycles. The smallest absolute Gasteiger partial charge is 0.120 e. The third-order valence-corrected chi connectivity index (χ3v) is 8.61. The molecule has 0 saturated carbocycles. The Morgan fingerprint density at radius 2 is 1.35 bits per heavy atom. The van der Waals surface area contributed by atoms with Gasteiger partial charge in [0.2, 0.25) is 0 Å². The fourth-order valence-electron chi connectivity index (χ4n) is 6.22. The van der Waals surface area contributed by atoms with Gasteiger partial charge in [-0.05, 0) is 87.2 Å². The van der Waals surface area contributed by atoms with Crippen LogP contribution >= 0.6 is 0 Å². The number of aromatic nitrogens is 2. The summed E-state index contributed by atoms with van der Waals surface area (Å²) in [5.74, 6) is 0. The van der Waals surface area contributed by atoms with Gasteiger partial charge < -0.3 is 14.4 Å². The van der Waals surface area contributed by atoms with Gasteiger partial charge in [0.25, 0.3) is 0 Å². The monoisotopic (exact) mass is 807 g/mol. The number of aryl methyl sites for hydroxylation is 1. The predicted octanol–water partition coefficient (Wildman–Crippen LogP) is 11.8. The standard InChI is InChI=1S/C34H22NO.C11H8N.Ir/c1-22-18-27-19-24(23-8-3-2-4-9-23)14-15-25(27)20-31(22)26-16-17-35-32(21-26)30-12-7-11-29-28-10-5-6-13-33(28)36-34(29)30;1-2-6-10(7-3-1)11-8-4-5-9-12-11;/h2-11,13-21H,1H3;1-6,8-9H;/q2*-1;. The summed E-state index contributed by atoms with van der Waals surface area (Å²) in [6.07, 6.45) is 3.66. The van der Waals surface area contributed by atoms with Gasteiger partial charge in [-0.1, -0.05) is 95.9 Å². The van der Waals surface area contributed by atoms with Crippen molar-refractivity contribution in [1.29, 1.82) is 0 Å². The molecule has 237 valence electrons. The second kappa shape index (κ2) is 14.2. The van der Waals surface area contributed by atoms with Crippen LogP contribution in [0.1, 0.15) is 5.56 Å². The first-order chi connectivity index (χ1) is 23.7. The van der Waals surface area contributed by atoms with E-state index in [2.05, 4.69) is 109 Å². The first kappa shape index (κ1) is 31.9. The van der Waals surface area contributed by atoms with Crippen molar-refractivity contribution in [3.05, 3.63) is 182 Å². The fraction of sp³-hybridized carbons (Fsp3) is 0.0222. The number of benzene rings is 6. The Hall–Kier alpha value is -5.67. The van der Waals surface area contributed by atoms with E-state index in [0.29, 0.717) is 0 Å². The molecule has 0 saturated heterocycles. The van der Waals surface area contributed by atoms with Crippen LogP contribution in [0.5, 0.6) is 0 Å². The van der Waals surface area contributed by atoms with Gasteiger partial charge in [0, 0.05) is 37.9 Å². The van der Waals surface area contributed by atoms with E-state index in [4.69, 9.17) is 9.40 Å². The van der Waals surface area contributed by atoms with Crippen LogP contribution in [0.2, 0.25) is 0 Å². The number of nitrogens with zero attached hydrogens (tertiary/aromatic N) is 2. The molecule has 9 aromatic rings. The van der Waals surface area contributed by atoms with Crippen LogP contribution in [0.3, 0.4) is 0 Å². The molecule has 9 rings (SSSR count). The molecule has 0 aliphatic rings. The van der Waals surface area contributed by atoms with Gasteiger partial charge in [0.15, 0.2) is 0 Å². The van der Waals surface area contributed by atoms with E-state index >= 15 is 0 Å². The van der Waals surface area contributed by atoms with Crippen molar-refractivity contribution in [2.75, 3.05) is 0 Å². The van der Waals surface area contributed by atoms with Gasteiger partial charge in [-0.3, -0.25) is 0 Å². The van der Waals surface area contributed by atoms with E-state index in [9.17, 15) is 0 Å². The second-order valence-corrected chi connectivity index (χ2v) is 11.7. The molecule has 1 radical (unpaired) electrons. The van der Waals surface area contributed by atoms with E-state index in [-0.39, 0.29) is 20.1 Å². The summed E-state index contributed by atoms with van der Waals surface area (Å²) >= 11 is 0. The number of pyridine rings is 2. The maximum atomic E-state index is 6.24. The molecule has 3 aromatic heterocycles. The molecule has 0 unspecified atom stereocenters. The second-order valence-electron chi connectivity index (χ2n) is 11.7. The summed E-state index contributed by atoms with van der Waals surface area (Å²) in [5.41, 5.74) is 11.5. The zero-order valence-corrected chi connectivity index (χ0v) is 29.1. The minimum absolute atomic E-state index is 0. The number of para-hydroxylation sites is 1. The molecule has 0 fully saturated rings. The summed E-state index contributed by atoms with van der Waals surface area (Å²) in [6, 6.07) is 58.3. The van der Waals surface area contributed by atoms with Crippen molar-refractivity contribution in [3.8, 4) is 44.8 Å². The maximum absolute atomic E-state index is 6.24. The van der Waals surface area contributed by atoms with Gasteiger partial charge in [-0.25, -0.2) is 0 Å². The van der Waals surface area contributed by atoms with Crippen molar-refractivity contribution in [2.45, 2.75) is 6.92 Å². The third-order valence-electron chi connectivity index (χ3n) is 8.61. The van der Waals surface area contributed by atoms with Crippen LogP contribution < -0.4 is 0 Å². The molecule has 3 heterocycles. The molecule has 0 aliphatic heterocycles. The van der Waals surface area contributed by atoms with Crippen LogP contribution in [0.4, 0.5) is 0 Å². The van der Waals surface area contributed by atoms with E-state index < -0.39 is 0 Å². The van der Waals surface area contributed by atoms with Crippen LogP contribution in [0, 0.1) is 19.1 Å². The topological polar surface area (TPSA) is 38.9 Å². The first-order valence-corrected chi connectivity index (χ1v) is 16.0. The third kappa shape index (κ3) is 6.57. The quantitative estimate of drug-likeness (QED) is 0.166. The minimum Gasteiger partial charge on any atom is -0.501 e. The maximum Gasteiger partial charge on any atom is 0.120 e. The van der Waals surface area contributed by atoms with Crippen LogP contribution in [-0.2, 0) is 20.1 Å². The zero-order valence-electron chi connectivity index (χ0n) is 26.7. The molecular weight excluding hydrogens is 777 g/mol. The first-order valence-electron chi connectivity index (χ1n) is 16.0. The van der Waals surface area contributed by atoms with Crippen molar-refractivity contribution in [3.63, 3.8) is 0 Å². The van der Waals surface area contributed by atoms with Crippen molar-refractivity contribution in [2.24, 2.45) is 0 Å². The Morgan fingerprint density at radius 3 is 2.18 bits per heavy atom. The predicted molar refractivity (Wildman–Crippen MR) is 197 cm³/mol. The summed E-state index contributed by atoms with van der Waals surface area (Å²) in [7, 11) is 0. The van der Waals surface area contributed by atoms with Gasteiger partial charge in [0.1, 0.15) is 5.58 Å². The summed E-state index contributed by atoms with van der Waals surface area (Å²) in [4.78, 5) is 8.92. The van der Waals surface area contributed by atoms with Gasteiger partial charge in [-0.2, -0.15) is 0 Å². The van der Waals surface area contributed by atoms with Crippen molar-refractivity contribution < 1.29 is 24.5 Å². The molecule has 0 amide bonds. The average molecular weight is 807 g/mol. The molecule has 0 N–H and O–H groups in total. The summed E-state index contributed by atoms with van der Waals surface area (Å²) in [5, 5.41) is 4.66. The van der Waals surface area contributed by atoms with Crippen LogP contribution in [-0.4, -0.2) is 9.97 Å². The van der Waals surface area contributed by atoms with Crippen LogP contribution in [0.25, 0.3) is 77.5 Å². The Balaban J connectivity index is 0.000000246. The van der Waals surface area contributed by atoms with E-state index in [1.165, 1.54) is 33.0 Å². The molecule has 6 aromatic carbocycles. The molecule has 3 nitrogen and oxygen atoms in total. The Labute approximate surface area is 299 Å². The molecule has 0 spiro atoms. The van der Waals surface area contributed by atoms with E-state index in [1.54, 1.807) is 6.20 Å². The summed E-state index contributed by atoms with van der Waals surface area (Å²) in [6.45, 7) is 2.18. The Morgan fingerprint density at radius 1 is 0.531 bits per heavy atom. The molecule has 0 bridgehead atoms. The zero-order chi connectivity index (χ0) is 32.3. The number of furan rings is 1. The minimum atomic E-state index is 0. The van der Waals surface area contributed by atoms with Crippen LogP contribution in [0.15, 0.2) is 168 Å². The molecular formula is C45H30IrN2O-2. The Kier molecular flexibility index (Phi) is 9.25. The van der Waals surface area contributed by atoms with E-state index in [0.717, 1.165) is 50.0 Å². The Bertz CT molecular complexity index is 2470. The largest absolute Gasteiger partial charge is 0.501 e. The van der Waals surface area contributed by atoms with Crippen molar-refractivity contribution in [1.82, 2.24) is 9.97 Å². The SMILES string of the molecule is Cc1cc2cc(-c3ccccc3)ccc2cc1-c1ccnc(-c2[c-]ccc3c2oc2ccccc23)c1.[Ir].[c-]1ccccc1-c1ccccn1. The van der Waals surface area contributed by atoms with E-state index in [1.807, 2.05) is 72.9 Å². The van der Waals surface area contributed by atoms with Gasteiger partial charge >= 0.3 is 0 Å². The van der Waals surface area contributed by atoms with Gasteiger partial charge in [0.05, 0.1) is 5.58 Å². The normalized spacial score (nSPS) is 10.8. The fourth-order valence-corrected chi connectivity index (χ4v) is 6.22. The number of fused-ring (bicyclic) bond motifs is 4. The number of hydrogen-bond donors (Lipinski definition) is 0. The molecule has 4 heteroatoms. The molecule has 49 heavy (non-hydrogen) atoms. The molecule has 0 atom stereocenters. The number of hydrogen-bond acceptors (Lipinski definition) is 3. The van der Waals surface area contributed by atoms with Gasteiger partial charge in [-0.15, -0.1) is 54.1 Å².